The number of hydrogen-bond donors (Lipinski definition) is 0. The Morgan fingerprint density at radius 3 is 2.80 bits per heavy atom. The van der Waals surface area contributed by atoms with Crippen LogP contribution in [0.2, 0.25) is 0 Å². The zero-order valence-electron chi connectivity index (χ0n) is 12.0. The summed E-state index contributed by atoms with van der Waals surface area (Å²) in [5.74, 6) is 0. The van der Waals surface area contributed by atoms with Gasteiger partial charge in [-0.1, -0.05) is 19.4 Å². The number of nitrogens with zero attached hydrogens (tertiary/aromatic N) is 2. The van der Waals surface area contributed by atoms with Gasteiger partial charge in [-0.25, -0.2) is 8.42 Å². The molecular weight excluding hydrogens is 272 g/mol. The van der Waals surface area contributed by atoms with E-state index in [0.29, 0.717) is 17.7 Å². The highest BCUT2D eigenvalue weighted by Gasteiger charge is 2.33. The summed E-state index contributed by atoms with van der Waals surface area (Å²) >= 11 is 0. The van der Waals surface area contributed by atoms with Gasteiger partial charge in [-0.2, -0.15) is 9.57 Å². The molecule has 0 spiro atoms. The fourth-order valence-electron chi connectivity index (χ4n) is 2.77. The molecule has 1 atom stereocenters. The molecule has 0 saturated carbocycles. The van der Waals surface area contributed by atoms with Crippen LogP contribution in [0.5, 0.6) is 0 Å². The van der Waals surface area contributed by atoms with E-state index in [4.69, 9.17) is 5.26 Å². The number of nitriles is 1. The van der Waals surface area contributed by atoms with Crippen LogP contribution in [0.3, 0.4) is 0 Å². The van der Waals surface area contributed by atoms with E-state index in [1.165, 1.54) is 6.07 Å². The number of hydrogen-bond acceptors (Lipinski definition) is 3. The second-order valence-corrected chi connectivity index (χ2v) is 7.12. The lowest BCUT2D eigenvalue weighted by molar-refractivity contribution is 0.246. The van der Waals surface area contributed by atoms with E-state index in [9.17, 15) is 8.42 Å². The van der Waals surface area contributed by atoms with Crippen LogP contribution in [-0.2, 0) is 10.0 Å². The lowest BCUT2D eigenvalue weighted by Gasteiger charge is -2.34. The molecule has 4 nitrogen and oxygen atoms in total. The Hall–Kier alpha value is -1.38. The molecular formula is C15H20N2O2S. The fourth-order valence-corrected chi connectivity index (χ4v) is 4.79. The number of aryl methyl sites for hydroxylation is 1. The molecule has 0 amide bonds. The van der Waals surface area contributed by atoms with Gasteiger partial charge < -0.3 is 0 Å². The summed E-state index contributed by atoms with van der Waals surface area (Å²) < 4.78 is 27.3. The third-order valence-corrected chi connectivity index (χ3v) is 6.04. The van der Waals surface area contributed by atoms with Crippen molar-refractivity contribution >= 4 is 10.0 Å². The maximum atomic E-state index is 12.9. The highest BCUT2D eigenvalue weighted by Crippen LogP contribution is 2.28. The average molecular weight is 292 g/mol. The van der Waals surface area contributed by atoms with Crippen LogP contribution in [-0.4, -0.2) is 25.3 Å². The molecule has 0 bridgehead atoms. The molecule has 0 radical (unpaired) electrons. The molecule has 1 unspecified atom stereocenters. The Morgan fingerprint density at radius 1 is 1.40 bits per heavy atom. The third-order valence-electron chi connectivity index (χ3n) is 3.95. The summed E-state index contributed by atoms with van der Waals surface area (Å²) in [4.78, 5) is 0.275. The van der Waals surface area contributed by atoms with Crippen molar-refractivity contribution in [2.45, 2.75) is 50.5 Å². The first-order valence-corrected chi connectivity index (χ1v) is 8.47. The quantitative estimate of drug-likeness (QED) is 0.860. The first-order chi connectivity index (χ1) is 9.50. The fraction of sp³-hybridized carbons (Fsp3) is 0.533. The topological polar surface area (TPSA) is 61.2 Å². The normalized spacial score (nSPS) is 20.6. The van der Waals surface area contributed by atoms with E-state index in [1.807, 2.05) is 13.0 Å². The van der Waals surface area contributed by atoms with Crippen LogP contribution in [0.1, 0.15) is 43.7 Å². The zero-order valence-corrected chi connectivity index (χ0v) is 12.8. The van der Waals surface area contributed by atoms with Gasteiger partial charge in [0.2, 0.25) is 10.0 Å². The Bertz CT molecular complexity index is 632. The van der Waals surface area contributed by atoms with Gasteiger partial charge in [-0.15, -0.1) is 0 Å². The van der Waals surface area contributed by atoms with E-state index in [0.717, 1.165) is 25.7 Å². The van der Waals surface area contributed by atoms with Crippen LogP contribution in [0, 0.1) is 18.3 Å². The van der Waals surface area contributed by atoms with Crippen LogP contribution >= 0.6 is 0 Å². The molecule has 5 heteroatoms. The highest BCUT2D eigenvalue weighted by molar-refractivity contribution is 7.89. The molecule has 0 aromatic heterocycles. The minimum Gasteiger partial charge on any atom is -0.207 e. The van der Waals surface area contributed by atoms with Crippen LogP contribution in [0.15, 0.2) is 23.1 Å². The number of sulfonamides is 1. The van der Waals surface area contributed by atoms with Gasteiger partial charge in [-0.05, 0) is 43.9 Å². The molecule has 20 heavy (non-hydrogen) atoms. The van der Waals surface area contributed by atoms with Crippen LogP contribution < -0.4 is 0 Å². The molecule has 1 fully saturated rings. The van der Waals surface area contributed by atoms with Gasteiger partial charge in [0.1, 0.15) is 0 Å². The molecule has 2 rings (SSSR count). The largest absolute Gasteiger partial charge is 0.243 e. The van der Waals surface area contributed by atoms with Gasteiger partial charge in [0.05, 0.1) is 16.5 Å². The number of piperidine rings is 1. The van der Waals surface area contributed by atoms with Crippen LogP contribution in [0.25, 0.3) is 0 Å². The predicted molar refractivity (Wildman–Crippen MR) is 77.7 cm³/mol. The summed E-state index contributed by atoms with van der Waals surface area (Å²) in [5, 5.41) is 8.97. The van der Waals surface area contributed by atoms with E-state index >= 15 is 0 Å². The van der Waals surface area contributed by atoms with Crippen molar-refractivity contribution in [1.82, 2.24) is 4.31 Å². The molecule has 1 aliphatic rings. The Morgan fingerprint density at radius 2 is 2.15 bits per heavy atom. The monoisotopic (exact) mass is 292 g/mol. The van der Waals surface area contributed by atoms with E-state index < -0.39 is 10.0 Å². The van der Waals surface area contributed by atoms with Crippen molar-refractivity contribution in [3.05, 3.63) is 29.3 Å². The van der Waals surface area contributed by atoms with Crippen molar-refractivity contribution in [2.75, 3.05) is 6.54 Å². The number of rotatable bonds is 3. The van der Waals surface area contributed by atoms with Crippen molar-refractivity contribution < 1.29 is 8.42 Å². The molecule has 1 heterocycles. The van der Waals surface area contributed by atoms with Gasteiger partial charge >= 0.3 is 0 Å². The lowest BCUT2D eigenvalue weighted by Crippen LogP contribution is -2.43. The summed E-state index contributed by atoms with van der Waals surface area (Å²) in [5.41, 5.74) is 1.09. The highest BCUT2D eigenvalue weighted by atomic mass is 32.2. The van der Waals surface area contributed by atoms with Gasteiger partial charge in [0, 0.05) is 12.6 Å². The Labute approximate surface area is 121 Å². The number of benzene rings is 1. The van der Waals surface area contributed by atoms with E-state index in [-0.39, 0.29) is 10.9 Å². The third kappa shape index (κ3) is 2.72. The first kappa shape index (κ1) is 15.0. The van der Waals surface area contributed by atoms with E-state index in [2.05, 4.69) is 0 Å². The van der Waals surface area contributed by atoms with Crippen molar-refractivity contribution in [3.63, 3.8) is 0 Å². The van der Waals surface area contributed by atoms with Gasteiger partial charge in [0.25, 0.3) is 0 Å². The molecule has 1 aromatic carbocycles. The summed E-state index contributed by atoms with van der Waals surface area (Å²) in [6.45, 7) is 4.38. The Balaban J connectivity index is 2.46. The molecule has 1 aliphatic heterocycles. The maximum absolute atomic E-state index is 12.9. The second kappa shape index (κ2) is 5.94. The molecule has 1 aromatic rings. The van der Waals surface area contributed by atoms with Crippen molar-refractivity contribution in [1.29, 1.82) is 5.26 Å². The van der Waals surface area contributed by atoms with Crippen LogP contribution in [0.4, 0.5) is 0 Å². The van der Waals surface area contributed by atoms with E-state index in [1.54, 1.807) is 23.4 Å². The van der Waals surface area contributed by atoms with Crippen molar-refractivity contribution in [3.8, 4) is 6.07 Å². The summed E-state index contributed by atoms with van der Waals surface area (Å²) in [6, 6.07) is 6.95. The predicted octanol–water partition coefficient (Wildman–Crippen LogP) is 2.82. The SMILES string of the molecule is CCC1CCCCN1S(=O)(=O)c1cc(C#N)ccc1C. The molecule has 0 N–H and O–H groups in total. The minimum atomic E-state index is -3.50. The first-order valence-electron chi connectivity index (χ1n) is 7.03. The summed E-state index contributed by atoms with van der Waals surface area (Å²) in [6.07, 6.45) is 3.75. The molecule has 0 aliphatic carbocycles. The minimum absolute atomic E-state index is 0.0823. The smallest absolute Gasteiger partial charge is 0.207 e. The van der Waals surface area contributed by atoms with Gasteiger partial charge in [0.15, 0.2) is 0 Å². The lowest BCUT2D eigenvalue weighted by atomic mass is 10.0. The standard InChI is InChI=1S/C15H20N2O2S/c1-3-14-6-4-5-9-17(14)20(18,19)15-10-13(11-16)8-7-12(15)2/h7-8,10,14H,3-6,9H2,1-2H3. The average Bonchev–Trinajstić information content (AvgIpc) is 2.47. The zero-order chi connectivity index (χ0) is 14.8. The van der Waals surface area contributed by atoms with Crippen molar-refractivity contribution in [2.24, 2.45) is 0 Å². The second-order valence-electron chi connectivity index (χ2n) is 5.27. The molecule has 1 saturated heterocycles. The Kier molecular flexibility index (Phi) is 4.46. The van der Waals surface area contributed by atoms with Gasteiger partial charge in [-0.3, -0.25) is 0 Å². The maximum Gasteiger partial charge on any atom is 0.243 e. The molecule has 108 valence electrons. The summed E-state index contributed by atoms with van der Waals surface area (Å²) in [7, 11) is -3.50.